The standard InChI is InChI=1S/C24H28N4OS/c1-4-25-23(29)20-14-12-18(13-15-20)17-30-24-26-21(19-10-8-7-9-11-19)16-22(27-24)28(5-2)6-3/h7-16H,4-6,17H2,1-3H3,(H,25,29). The molecule has 3 aromatic rings. The third-order valence-corrected chi connectivity index (χ3v) is 5.69. The van der Waals surface area contributed by atoms with Crippen molar-refractivity contribution in [2.45, 2.75) is 31.7 Å². The summed E-state index contributed by atoms with van der Waals surface area (Å²) in [5.41, 5.74) is 3.82. The maximum absolute atomic E-state index is 11.9. The van der Waals surface area contributed by atoms with Crippen molar-refractivity contribution >= 4 is 23.5 Å². The fourth-order valence-electron chi connectivity index (χ4n) is 3.11. The van der Waals surface area contributed by atoms with Gasteiger partial charge in [0.25, 0.3) is 5.91 Å². The van der Waals surface area contributed by atoms with Crippen LogP contribution in [0.1, 0.15) is 36.7 Å². The van der Waals surface area contributed by atoms with Crippen LogP contribution in [0.5, 0.6) is 0 Å². The van der Waals surface area contributed by atoms with Gasteiger partial charge in [-0.25, -0.2) is 9.97 Å². The number of rotatable bonds is 9. The van der Waals surface area contributed by atoms with Gasteiger partial charge >= 0.3 is 0 Å². The Balaban J connectivity index is 1.81. The summed E-state index contributed by atoms with van der Waals surface area (Å²) in [7, 11) is 0. The lowest BCUT2D eigenvalue weighted by atomic mass is 10.1. The van der Waals surface area contributed by atoms with E-state index in [-0.39, 0.29) is 5.91 Å². The molecule has 30 heavy (non-hydrogen) atoms. The fourth-order valence-corrected chi connectivity index (χ4v) is 3.92. The van der Waals surface area contributed by atoms with Crippen molar-refractivity contribution in [2.75, 3.05) is 24.5 Å². The highest BCUT2D eigenvalue weighted by Gasteiger charge is 2.12. The molecule has 0 unspecified atom stereocenters. The highest BCUT2D eigenvalue weighted by Crippen LogP contribution is 2.27. The molecular formula is C24H28N4OS. The molecule has 6 heteroatoms. The molecule has 0 radical (unpaired) electrons. The Labute approximate surface area is 182 Å². The van der Waals surface area contributed by atoms with E-state index >= 15 is 0 Å². The minimum absolute atomic E-state index is 0.0422. The van der Waals surface area contributed by atoms with Gasteiger partial charge in [0.2, 0.25) is 0 Å². The molecule has 156 valence electrons. The summed E-state index contributed by atoms with van der Waals surface area (Å²) in [6, 6.07) is 20.0. The number of nitrogens with one attached hydrogen (secondary N) is 1. The largest absolute Gasteiger partial charge is 0.357 e. The average Bonchev–Trinajstić information content (AvgIpc) is 2.79. The van der Waals surface area contributed by atoms with Gasteiger partial charge in [0.15, 0.2) is 5.16 Å². The highest BCUT2D eigenvalue weighted by molar-refractivity contribution is 7.98. The normalized spacial score (nSPS) is 10.6. The molecule has 3 rings (SSSR count). The van der Waals surface area contributed by atoms with E-state index in [1.807, 2.05) is 49.4 Å². The second-order valence-electron chi connectivity index (χ2n) is 6.78. The van der Waals surface area contributed by atoms with Crippen molar-refractivity contribution in [3.63, 3.8) is 0 Å². The first-order valence-electron chi connectivity index (χ1n) is 10.3. The maximum atomic E-state index is 11.9. The van der Waals surface area contributed by atoms with E-state index in [0.29, 0.717) is 12.1 Å². The number of nitrogens with zero attached hydrogens (tertiary/aromatic N) is 3. The second kappa shape index (κ2) is 10.8. The first kappa shape index (κ1) is 21.8. The molecule has 0 aliphatic carbocycles. The number of hydrogen-bond acceptors (Lipinski definition) is 5. The molecule has 1 amide bonds. The summed E-state index contributed by atoms with van der Waals surface area (Å²) >= 11 is 1.61. The molecule has 0 atom stereocenters. The number of carbonyl (C=O) groups is 1. The third kappa shape index (κ3) is 5.60. The lowest BCUT2D eigenvalue weighted by Gasteiger charge is -2.21. The number of amides is 1. The smallest absolute Gasteiger partial charge is 0.251 e. The Bertz CT molecular complexity index is 957. The van der Waals surface area contributed by atoms with Crippen molar-refractivity contribution in [3.8, 4) is 11.3 Å². The van der Waals surface area contributed by atoms with E-state index in [1.54, 1.807) is 11.8 Å². The van der Waals surface area contributed by atoms with Crippen LogP contribution in [0.15, 0.2) is 65.8 Å². The van der Waals surface area contributed by atoms with E-state index in [1.165, 1.54) is 0 Å². The Morgan fingerprint density at radius 3 is 2.30 bits per heavy atom. The van der Waals surface area contributed by atoms with E-state index < -0.39 is 0 Å². The van der Waals surface area contributed by atoms with Gasteiger partial charge in [0.05, 0.1) is 5.69 Å². The van der Waals surface area contributed by atoms with Crippen molar-refractivity contribution < 1.29 is 4.79 Å². The van der Waals surface area contributed by atoms with E-state index in [0.717, 1.165) is 46.6 Å². The van der Waals surface area contributed by atoms with Gasteiger partial charge in [-0.1, -0.05) is 54.2 Å². The minimum atomic E-state index is -0.0422. The van der Waals surface area contributed by atoms with E-state index in [9.17, 15) is 4.79 Å². The van der Waals surface area contributed by atoms with Crippen molar-refractivity contribution in [1.29, 1.82) is 0 Å². The van der Waals surface area contributed by atoms with Gasteiger partial charge in [0.1, 0.15) is 5.82 Å². The van der Waals surface area contributed by atoms with Crippen LogP contribution in [0.25, 0.3) is 11.3 Å². The summed E-state index contributed by atoms with van der Waals surface area (Å²) in [5, 5.41) is 3.58. The van der Waals surface area contributed by atoms with Gasteiger partial charge in [-0.2, -0.15) is 0 Å². The molecule has 1 heterocycles. The molecule has 0 bridgehead atoms. The number of benzene rings is 2. The predicted octanol–water partition coefficient (Wildman–Crippen LogP) is 5.03. The Hall–Kier alpha value is -2.86. The fraction of sp³-hybridized carbons (Fsp3) is 0.292. The van der Waals surface area contributed by atoms with Crippen molar-refractivity contribution in [3.05, 3.63) is 71.8 Å². The van der Waals surface area contributed by atoms with Crippen LogP contribution in [0.3, 0.4) is 0 Å². The molecule has 0 saturated carbocycles. The zero-order valence-corrected chi connectivity index (χ0v) is 18.6. The summed E-state index contributed by atoms with van der Waals surface area (Å²) in [6.45, 7) is 8.60. The molecule has 1 aromatic heterocycles. The summed E-state index contributed by atoms with van der Waals surface area (Å²) in [5.74, 6) is 1.65. The van der Waals surface area contributed by atoms with Crippen molar-refractivity contribution in [2.24, 2.45) is 0 Å². The topological polar surface area (TPSA) is 58.1 Å². The number of aromatic nitrogens is 2. The minimum Gasteiger partial charge on any atom is -0.357 e. The van der Waals surface area contributed by atoms with Gasteiger partial charge in [-0.15, -0.1) is 0 Å². The van der Waals surface area contributed by atoms with Gasteiger partial charge in [0, 0.05) is 42.6 Å². The molecule has 0 aliphatic heterocycles. The molecule has 5 nitrogen and oxygen atoms in total. The molecule has 0 spiro atoms. The van der Waals surface area contributed by atoms with Crippen molar-refractivity contribution in [1.82, 2.24) is 15.3 Å². The van der Waals surface area contributed by atoms with Crippen LogP contribution in [-0.4, -0.2) is 35.5 Å². The number of thioether (sulfide) groups is 1. The van der Waals surface area contributed by atoms with Crippen LogP contribution in [0.4, 0.5) is 5.82 Å². The first-order valence-corrected chi connectivity index (χ1v) is 11.3. The van der Waals surface area contributed by atoms with Gasteiger partial charge < -0.3 is 10.2 Å². The highest BCUT2D eigenvalue weighted by atomic mass is 32.2. The summed E-state index contributed by atoms with van der Waals surface area (Å²) in [6.07, 6.45) is 0. The van der Waals surface area contributed by atoms with E-state index in [2.05, 4.69) is 42.3 Å². The molecule has 1 N–H and O–H groups in total. The van der Waals surface area contributed by atoms with Crippen LogP contribution in [0.2, 0.25) is 0 Å². The number of anilines is 1. The van der Waals surface area contributed by atoms with Gasteiger partial charge in [-0.05, 0) is 38.5 Å². The molecule has 0 fully saturated rings. The van der Waals surface area contributed by atoms with Crippen LogP contribution < -0.4 is 10.2 Å². The number of hydrogen-bond donors (Lipinski definition) is 1. The quantitative estimate of drug-likeness (QED) is 0.389. The Morgan fingerprint density at radius 2 is 1.67 bits per heavy atom. The average molecular weight is 421 g/mol. The Morgan fingerprint density at radius 1 is 0.967 bits per heavy atom. The maximum Gasteiger partial charge on any atom is 0.251 e. The zero-order valence-electron chi connectivity index (χ0n) is 17.8. The first-order chi connectivity index (χ1) is 14.6. The lowest BCUT2D eigenvalue weighted by molar-refractivity contribution is 0.0956. The SMILES string of the molecule is CCNC(=O)c1ccc(CSc2nc(-c3ccccc3)cc(N(CC)CC)n2)cc1. The molecular weight excluding hydrogens is 392 g/mol. The predicted molar refractivity (Wildman–Crippen MR) is 125 cm³/mol. The molecule has 0 saturated heterocycles. The van der Waals surface area contributed by atoms with Gasteiger partial charge in [-0.3, -0.25) is 4.79 Å². The second-order valence-corrected chi connectivity index (χ2v) is 7.72. The Kier molecular flexibility index (Phi) is 7.85. The lowest BCUT2D eigenvalue weighted by Crippen LogP contribution is -2.23. The molecule has 0 aliphatic rings. The summed E-state index contributed by atoms with van der Waals surface area (Å²) in [4.78, 5) is 23.8. The van der Waals surface area contributed by atoms with Crippen LogP contribution in [0, 0.1) is 0 Å². The molecule has 2 aromatic carbocycles. The zero-order chi connectivity index (χ0) is 21.3. The number of carbonyl (C=O) groups excluding carboxylic acids is 1. The van der Waals surface area contributed by atoms with Crippen LogP contribution >= 0.6 is 11.8 Å². The summed E-state index contributed by atoms with van der Waals surface area (Å²) < 4.78 is 0. The van der Waals surface area contributed by atoms with E-state index in [4.69, 9.17) is 9.97 Å². The van der Waals surface area contributed by atoms with Crippen LogP contribution in [-0.2, 0) is 5.75 Å². The third-order valence-electron chi connectivity index (χ3n) is 4.77. The monoisotopic (exact) mass is 420 g/mol.